The van der Waals surface area contributed by atoms with Crippen molar-refractivity contribution in [2.24, 2.45) is 5.73 Å². The molecule has 1 aromatic rings. The van der Waals surface area contributed by atoms with Gasteiger partial charge in [-0.1, -0.05) is 36.0 Å². The summed E-state index contributed by atoms with van der Waals surface area (Å²) in [6.07, 6.45) is 3.78. The van der Waals surface area contributed by atoms with Crippen molar-refractivity contribution in [2.45, 2.75) is 51.3 Å². The molecule has 21 heavy (non-hydrogen) atoms. The van der Waals surface area contributed by atoms with Crippen LogP contribution in [0.2, 0.25) is 10.0 Å². The third kappa shape index (κ3) is 4.25. The van der Waals surface area contributed by atoms with Crippen LogP contribution < -0.4 is 15.8 Å². The molecule has 1 aliphatic rings. The van der Waals surface area contributed by atoms with Crippen LogP contribution >= 0.6 is 23.2 Å². The summed E-state index contributed by atoms with van der Waals surface area (Å²) in [5, 5.41) is 3.86. The summed E-state index contributed by atoms with van der Waals surface area (Å²) in [6.45, 7) is 1.95. The molecule has 0 aliphatic heterocycles. The first kappa shape index (κ1) is 16.4. The monoisotopic (exact) mass is 330 g/mol. The van der Waals surface area contributed by atoms with Crippen LogP contribution in [-0.4, -0.2) is 18.1 Å². The van der Waals surface area contributed by atoms with Gasteiger partial charge in [-0.3, -0.25) is 4.79 Å². The minimum Gasteiger partial charge on any atom is -0.479 e. The van der Waals surface area contributed by atoms with Gasteiger partial charge < -0.3 is 15.8 Å². The molecule has 3 N–H and O–H groups in total. The smallest absolute Gasteiger partial charge is 0.260 e. The number of carbonyl (C=O) groups excluding carboxylic acids is 1. The topological polar surface area (TPSA) is 64.3 Å². The number of carbonyl (C=O) groups is 1. The summed E-state index contributed by atoms with van der Waals surface area (Å²) in [4.78, 5) is 12.1. The molecule has 0 heterocycles. The molecular weight excluding hydrogens is 311 g/mol. The maximum atomic E-state index is 12.1. The van der Waals surface area contributed by atoms with Gasteiger partial charge in [0.05, 0.1) is 5.02 Å². The Bertz CT molecular complexity index is 517. The highest BCUT2D eigenvalue weighted by Crippen LogP contribution is 2.33. The molecule has 4 nitrogen and oxygen atoms in total. The largest absolute Gasteiger partial charge is 0.479 e. The highest BCUT2D eigenvalue weighted by atomic mass is 35.5. The fourth-order valence-electron chi connectivity index (χ4n) is 2.52. The molecule has 116 valence electrons. The fraction of sp³-hybridized carbons (Fsp3) is 0.533. The minimum absolute atomic E-state index is 0.129. The molecule has 1 saturated carbocycles. The average Bonchev–Trinajstić information content (AvgIpc) is 2.94. The highest BCUT2D eigenvalue weighted by Gasteiger charge is 2.23. The second-order valence-corrected chi connectivity index (χ2v) is 6.17. The van der Waals surface area contributed by atoms with Crippen LogP contribution in [0.25, 0.3) is 0 Å². The molecule has 6 heteroatoms. The van der Waals surface area contributed by atoms with E-state index in [4.69, 9.17) is 33.7 Å². The van der Waals surface area contributed by atoms with Crippen molar-refractivity contribution < 1.29 is 9.53 Å². The van der Waals surface area contributed by atoms with Crippen LogP contribution in [0.4, 0.5) is 0 Å². The lowest BCUT2D eigenvalue weighted by molar-refractivity contribution is -0.127. The molecule has 1 aromatic carbocycles. The lowest BCUT2D eigenvalue weighted by Crippen LogP contribution is -2.41. The first-order valence-electron chi connectivity index (χ1n) is 7.16. The Kier molecular flexibility index (Phi) is 5.73. The Hall–Kier alpha value is -0.970. The number of benzene rings is 1. The third-order valence-corrected chi connectivity index (χ3v) is 4.17. The first-order chi connectivity index (χ1) is 10.0. The summed E-state index contributed by atoms with van der Waals surface area (Å²) in [7, 11) is 0. The number of rotatable bonds is 5. The molecule has 1 fully saturated rings. The van der Waals surface area contributed by atoms with Gasteiger partial charge in [0.25, 0.3) is 5.91 Å². The molecule has 1 atom stereocenters. The van der Waals surface area contributed by atoms with Gasteiger partial charge in [0, 0.05) is 23.2 Å². The van der Waals surface area contributed by atoms with E-state index in [-0.39, 0.29) is 18.5 Å². The fourth-order valence-corrected chi connectivity index (χ4v) is 3.10. The summed E-state index contributed by atoms with van der Waals surface area (Å²) >= 11 is 12.1. The number of amides is 1. The van der Waals surface area contributed by atoms with Gasteiger partial charge in [0.15, 0.2) is 6.10 Å². The Morgan fingerprint density at radius 2 is 2.10 bits per heavy atom. The Morgan fingerprint density at radius 3 is 2.71 bits per heavy atom. The van der Waals surface area contributed by atoms with Crippen LogP contribution in [-0.2, 0) is 11.3 Å². The number of ether oxygens (including phenoxy) is 1. The summed E-state index contributed by atoms with van der Waals surface area (Å²) in [5.74, 6) is 0.300. The molecule has 2 rings (SSSR count). The van der Waals surface area contributed by atoms with E-state index in [1.54, 1.807) is 19.1 Å². The standard InChI is InChI=1S/C15H20Cl2N2O2/c1-9(15(20)19-12-4-2-3-5-12)21-14-10(8-18)6-11(16)7-13(14)17/h6-7,9,12H,2-5,8,18H2,1H3,(H,19,20). The SMILES string of the molecule is CC(Oc1c(Cl)cc(Cl)cc1CN)C(=O)NC1CCCC1. The van der Waals surface area contributed by atoms with Crippen LogP contribution in [0.1, 0.15) is 38.2 Å². The minimum atomic E-state index is -0.630. The normalized spacial score (nSPS) is 16.8. The molecule has 1 amide bonds. The molecule has 0 saturated heterocycles. The van der Waals surface area contributed by atoms with E-state index in [1.165, 1.54) is 12.8 Å². The summed E-state index contributed by atoms with van der Waals surface area (Å²) < 4.78 is 5.71. The third-order valence-electron chi connectivity index (χ3n) is 3.67. The van der Waals surface area contributed by atoms with Crippen molar-refractivity contribution in [2.75, 3.05) is 0 Å². The number of hydrogen-bond acceptors (Lipinski definition) is 3. The lowest BCUT2D eigenvalue weighted by atomic mass is 10.2. The van der Waals surface area contributed by atoms with Gasteiger partial charge >= 0.3 is 0 Å². The first-order valence-corrected chi connectivity index (χ1v) is 7.92. The molecule has 0 bridgehead atoms. The molecule has 1 unspecified atom stereocenters. The predicted octanol–water partition coefficient (Wildman–Crippen LogP) is 3.28. The van der Waals surface area contributed by atoms with Gasteiger partial charge in [0.1, 0.15) is 5.75 Å². The number of halogens is 2. The van der Waals surface area contributed by atoms with Crippen LogP contribution in [0.5, 0.6) is 5.75 Å². The average molecular weight is 331 g/mol. The van der Waals surface area contributed by atoms with Gasteiger partial charge in [0.2, 0.25) is 0 Å². The van der Waals surface area contributed by atoms with Crippen LogP contribution in [0.15, 0.2) is 12.1 Å². The van der Waals surface area contributed by atoms with Crippen molar-refractivity contribution >= 4 is 29.1 Å². The molecule has 0 spiro atoms. The maximum Gasteiger partial charge on any atom is 0.260 e. The van der Waals surface area contributed by atoms with Gasteiger partial charge in [-0.15, -0.1) is 0 Å². The Balaban J connectivity index is 2.04. The van der Waals surface area contributed by atoms with Crippen molar-refractivity contribution in [1.82, 2.24) is 5.32 Å². The van der Waals surface area contributed by atoms with E-state index >= 15 is 0 Å². The maximum absolute atomic E-state index is 12.1. The molecule has 0 aromatic heterocycles. The van der Waals surface area contributed by atoms with Gasteiger partial charge in [-0.25, -0.2) is 0 Å². The van der Waals surface area contributed by atoms with E-state index in [9.17, 15) is 4.79 Å². The summed E-state index contributed by atoms with van der Waals surface area (Å²) in [5.41, 5.74) is 6.36. The van der Waals surface area contributed by atoms with Crippen molar-refractivity contribution in [3.63, 3.8) is 0 Å². The van der Waals surface area contributed by atoms with E-state index in [0.717, 1.165) is 12.8 Å². The van der Waals surface area contributed by atoms with E-state index in [2.05, 4.69) is 5.32 Å². The van der Waals surface area contributed by atoms with Gasteiger partial charge in [-0.05, 0) is 31.9 Å². The van der Waals surface area contributed by atoms with E-state index < -0.39 is 6.10 Å². The summed E-state index contributed by atoms with van der Waals surface area (Å²) in [6, 6.07) is 3.54. The second-order valence-electron chi connectivity index (χ2n) is 5.33. The number of nitrogens with one attached hydrogen (secondary N) is 1. The van der Waals surface area contributed by atoms with Crippen molar-refractivity contribution in [1.29, 1.82) is 0 Å². The van der Waals surface area contributed by atoms with E-state index in [0.29, 0.717) is 21.4 Å². The van der Waals surface area contributed by atoms with Crippen LogP contribution in [0.3, 0.4) is 0 Å². The Morgan fingerprint density at radius 1 is 1.43 bits per heavy atom. The second kappa shape index (κ2) is 7.34. The molecule has 0 radical (unpaired) electrons. The highest BCUT2D eigenvalue weighted by molar-refractivity contribution is 6.35. The van der Waals surface area contributed by atoms with Crippen molar-refractivity contribution in [3.8, 4) is 5.75 Å². The zero-order chi connectivity index (χ0) is 15.4. The molecule has 1 aliphatic carbocycles. The van der Waals surface area contributed by atoms with E-state index in [1.807, 2.05) is 0 Å². The van der Waals surface area contributed by atoms with Gasteiger partial charge in [-0.2, -0.15) is 0 Å². The predicted molar refractivity (Wildman–Crippen MR) is 84.8 cm³/mol. The molecular formula is C15H20Cl2N2O2. The van der Waals surface area contributed by atoms with Crippen molar-refractivity contribution in [3.05, 3.63) is 27.7 Å². The van der Waals surface area contributed by atoms with Crippen LogP contribution in [0, 0.1) is 0 Å². The lowest BCUT2D eigenvalue weighted by Gasteiger charge is -2.20. The zero-order valence-corrected chi connectivity index (χ0v) is 13.5. The number of hydrogen-bond donors (Lipinski definition) is 2. The quantitative estimate of drug-likeness (QED) is 0.870. The zero-order valence-electron chi connectivity index (χ0n) is 12.0. The Labute approximate surface area is 134 Å². The number of nitrogens with two attached hydrogens (primary N) is 1.